The third kappa shape index (κ3) is 6.27. The van der Waals surface area contributed by atoms with E-state index >= 15 is 0 Å². The molecule has 3 heteroatoms. The van der Waals surface area contributed by atoms with Gasteiger partial charge in [0.25, 0.3) is 0 Å². The summed E-state index contributed by atoms with van der Waals surface area (Å²) < 4.78 is 0. The molecule has 19 heavy (non-hydrogen) atoms. The Labute approximate surface area is 116 Å². The van der Waals surface area contributed by atoms with Crippen LogP contribution in [0.2, 0.25) is 0 Å². The third-order valence-corrected chi connectivity index (χ3v) is 3.36. The van der Waals surface area contributed by atoms with Gasteiger partial charge in [-0.3, -0.25) is 0 Å². The number of unbranched alkanes of at least 4 members (excludes halogenated alkanes) is 6. The highest BCUT2D eigenvalue weighted by Crippen LogP contribution is 2.18. The van der Waals surface area contributed by atoms with Crippen LogP contribution in [0.1, 0.15) is 63.0 Å². The molecular weight excluding hydrogens is 238 g/mol. The Hall–Kier alpha value is -1.51. The lowest BCUT2D eigenvalue weighted by Gasteiger charge is -2.05. The molecule has 0 amide bonds. The van der Waals surface area contributed by atoms with Gasteiger partial charge in [-0.15, -0.1) is 0 Å². The number of hydrogen-bond acceptors (Lipinski definition) is 3. The molecule has 1 aromatic carbocycles. The first-order valence-electron chi connectivity index (χ1n) is 7.27. The summed E-state index contributed by atoms with van der Waals surface area (Å²) in [5, 5.41) is 21.0. The largest absolute Gasteiger partial charge is 0.507 e. The first-order valence-corrected chi connectivity index (χ1v) is 7.27. The van der Waals surface area contributed by atoms with Gasteiger partial charge in [0.1, 0.15) is 5.75 Å². The molecule has 0 atom stereocenters. The lowest BCUT2D eigenvalue weighted by atomic mass is 10.0. The van der Waals surface area contributed by atoms with Crippen LogP contribution in [-0.2, 0) is 6.42 Å². The van der Waals surface area contributed by atoms with Crippen molar-refractivity contribution in [1.82, 2.24) is 0 Å². The fraction of sp³-hybridized carbons (Fsp3) is 0.562. The molecule has 0 heterocycles. The van der Waals surface area contributed by atoms with Gasteiger partial charge in [-0.05, 0) is 30.5 Å². The second-order valence-corrected chi connectivity index (χ2v) is 5.01. The molecule has 0 saturated heterocycles. The second-order valence-electron chi connectivity index (χ2n) is 5.01. The van der Waals surface area contributed by atoms with E-state index < -0.39 is 0 Å². The molecule has 0 radical (unpaired) electrons. The average molecular weight is 263 g/mol. The number of rotatable bonds is 9. The summed E-state index contributed by atoms with van der Waals surface area (Å²) in [7, 11) is 0. The molecular formula is C16H25NO2. The van der Waals surface area contributed by atoms with Gasteiger partial charge in [-0.1, -0.05) is 56.7 Å². The molecule has 106 valence electrons. The molecule has 0 unspecified atom stereocenters. The van der Waals surface area contributed by atoms with Crippen LogP contribution in [0.25, 0.3) is 0 Å². The number of aromatic hydroxyl groups is 1. The minimum Gasteiger partial charge on any atom is -0.507 e. The second kappa shape index (κ2) is 9.42. The molecule has 1 aromatic rings. The predicted octanol–water partition coefficient (Wildman–Crippen LogP) is 4.49. The predicted molar refractivity (Wildman–Crippen MR) is 79.2 cm³/mol. The molecule has 0 saturated carbocycles. The maximum Gasteiger partial charge on any atom is 0.124 e. The first-order chi connectivity index (χ1) is 9.27. The van der Waals surface area contributed by atoms with Crippen molar-refractivity contribution in [2.75, 3.05) is 0 Å². The van der Waals surface area contributed by atoms with Gasteiger partial charge in [0.15, 0.2) is 0 Å². The number of aryl methyl sites for hydroxylation is 1. The van der Waals surface area contributed by atoms with Crippen LogP contribution in [0.5, 0.6) is 5.75 Å². The number of benzene rings is 1. The zero-order valence-corrected chi connectivity index (χ0v) is 11.8. The molecule has 0 aliphatic carbocycles. The van der Waals surface area contributed by atoms with Gasteiger partial charge >= 0.3 is 0 Å². The van der Waals surface area contributed by atoms with Crippen molar-refractivity contribution in [3.63, 3.8) is 0 Å². The smallest absolute Gasteiger partial charge is 0.124 e. The van der Waals surface area contributed by atoms with E-state index in [1.165, 1.54) is 56.7 Å². The van der Waals surface area contributed by atoms with Crippen molar-refractivity contribution in [1.29, 1.82) is 0 Å². The Bertz CT molecular complexity index is 388. The Balaban J connectivity index is 2.27. The Kier molecular flexibility index (Phi) is 7.71. The van der Waals surface area contributed by atoms with Crippen LogP contribution in [0.15, 0.2) is 23.4 Å². The maximum absolute atomic E-state index is 9.56. The quantitative estimate of drug-likeness (QED) is 0.298. The van der Waals surface area contributed by atoms with Crippen LogP contribution in [0.3, 0.4) is 0 Å². The molecule has 0 bridgehead atoms. The van der Waals surface area contributed by atoms with Gasteiger partial charge < -0.3 is 10.3 Å². The standard InChI is InChI=1S/C16H25NO2/c1-2-3-4-5-6-7-8-9-14-10-11-16(18)15(12-14)13-17-19/h10-13,18-19H,2-9H2,1H3/b17-13-. The van der Waals surface area contributed by atoms with Crippen molar-refractivity contribution < 1.29 is 10.3 Å². The van der Waals surface area contributed by atoms with Gasteiger partial charge in [-0.2, -0.15) is 0 Å². The molecule has 0 aromatic heterocycles. The van der Waals surface area contributed by atoms with E-state index in [1.807, 2.05) is 12.1 Å². The highest BCUT2D eigenvalue weighted by molar-refractivity contribution is 5.83. The Morgan fingerprint density at radius 1 is 1.05 bits per heavy atom. The summed E-state index contributed by atoms with van der Waals surface area (Å²) in [4.78, 5) is 0. The lowest BCUT2D eigenvalue weighted by Crippen LogP contribution is -1.90. The van der Waals surface area contributed by atoms with E-state index in [0.717, 1.165) is 6.42 Å². The maximum atomic E-state index is 9.56. The molecule has 1 rings (SSSR count). The minimum atomic E-state index is 0.154. The van der Waals surface area contributed by atoms with E-state index in [1.54, 1.807) is 6.07 Å². The lowest BCUT2D eigenvalue weighted by molar-refractivity contribution is 0.321. The van der Waals surface area contributed by atoms with E-state index in [2.05, 4.69) is 12.1 Å². The zero-order chi connectivity index (χ0) is 13.9. The van der Waals surface area contributed by atoms with Crippen molar-refractivity contribution in [3.05, 3.63) is 29.3 Å². The fourth-order valence-electron chi connectivity index (χ4n) is 2.21. The highest BCUT2D eigenvalue weighted by atomic mass is 16.4. The van der Waals surface area contributed by atoms with Crippen molar-refractivity contribution in [3.8, 4) is 5.75 Å². The first kappa shape index (κ1) is 15.5. The molecule has 0 aliphatic heterocycles. The van der Waals surface area contributed by atoms with E-state index in [-0.39, 0.29) is 5.75 Å². The van der Waals surface area contributed by atoms with Crippen LogP contribution in [-0.4, -0.2) is 16.5 Å². The molecule has 0 fully saturated rings. The molecule has 3 nitrogen and oxygen atoms in total. The number of nitrogens with zero attached hydrogens (tertiary/aromatic N) is 1. The number of hydrogen-bond donors (Lipinski definition) is 2. The zero-order valence-electron chi connectivity index (χ0n) is 11.8. The SMILES string of the molecule is CCCCCCCCCc1ccc(O)c(/C=N\O)c1. The van der Waals surface area contributed by atoms with Gasteiger partial charge in [-0.25, -0.2) is 0 Å². The van der Waals surface area contributed by atoms with Crippen molar-refractivity contribution >= 4 is 6.21 Å². The van der Waals surface area contributed by atoms with Gasteiger partial charge in [0.05, 0.1) is 6.21 Å². The normalized spacial score (nSPS) is 11.2. The summed E-state index contributed by atoms with van der Waals surface area (Å²) in [6, 6.07) is 5.47. The third-order valence-electron chi connectivity index (χ3n) is 3.36. The van der Waals surface area contributed by atoms with E-state index in [4.69, 9.17) is 5.21 Å². The Morgan fingerprint density at radius 2 is 1.74 bits per heavy atom. The number of oxime groups is 1. The topological polar surface area (TPSA) is 52.8 Å². The fourth-order valence-corrected chi connectivity index (χ4v) is 2.21. The molecule has 0 spiro atoms. The number of phenols is 1. The summed E-state index contributed by atoms with van der Waals surface area (Å²) in [5.41, 5.74) is 1.75. The van der Waals surface area contributed by atoms with E-state index in [9.17, 15) is 5.11 Å². The van der Waals surface area contributed by atoms with Crippen LogP contribution in [0, 0.1) is 0 Å². The van der Waals surface area contributed by atoms with Gasteiger partial charge in [0, 0.05) is 5.56 Å². The van der Waals surface area contributed by atoms with Crippen LogP contribution >= 0.6 is 0 Å². The number of phenolic OH excluding ortho intramolecular Hbond substituents is 1. The van der Waals surface area contributed by atoms with Crippen molar-refractivity contribution in [2.45, 2.75) is 58.3 Å². The van der Waals surface area contributed by atoms with Crippen LogP contribution < -0.4 is 0 Å². The molecule has 2 N–H and O–H groups in total. The summed E-state index contributed by atoms with van der Waals surface area (Å²) >= 11 is 0. The van der Waals surface area contributed by atoms with E-state index in [0.29, 0.717) is 5.56 Å². The highest BCUT2D eigenvalue weighted by Gasteiger charge is 2.01. The van der Waals surface area contributed by atoms with Crippen molar-refractivity contribution in [2.24, 2.45) is 5.16 Å². The average Bonchev–Trinajstić information content (AvgIpc) is 2.41. The minimum absolute atomic E-state index is 0.154. The van der Waals surface area contributed by atoms with Gasteiger partial charge in [0.2, 0.25) is 0 Å². The molecule has 0 aliphatic rings. The monoisotopic (exact) mass is 263 g/mol. The summed E-state index contributed by atoms with van der Waals surface area (Å²) in [6.07, 6.45) is 11.4. The summed E-state index contributed by atoms with van der Waals surface area (Å²) in [6.45, 7) is 2.23. The van der Waals surface area contributed by atoms with Crippen LogP contribution in [0.4, 0.5) is 0 Å². The Morgan fingerprint density at radius 3 is 2.42 bits per heavy atom. The summed E-state index contributed by atoms with van der Waals surface area (Å²) in [5.74, 6) is 0.154.